The second-order valence-corrected chi connectivity index (χ2v) is 8.74. The molecule has 0 atom stereocenters. The summed E-state index contributed by atoms with van der Waals surface area (Å²) in [7, 11) is 3.62. The van der Waals surface area contributed by atoms with Crippen LogP contribution in [-0.2, 0) is 17.8 Å². The smallest absolute Gasteiger partial charge is 0.412 e. The number of anilines is 2. The Morgan fingerprint density at radius 2 is 1.65 bits per heavy atom. The van der Waals surface area contributed by atoms with E-state index < -0.39 is 35.8 Å². The number of rotatable bonds is 8. The van der Waals surface area contributed by atoms with E-state index in [2.05, 4.69) is 0 Å². The van der Waals surface area contributed by atoms with E-state index >= 15 is 0 Å². The number of carboxylic acid groups (broad SMARTS) is 1. The number of ether oxygens (including phenoxy) is 1. The molecule has 3 N–H and O–H groups in total. The van der Waals surface area contributed by atoms with Crippen molar-refractivity contribution >= 4 is 34.1 Å². The van der Waals surface area contributed by atoms with E-state index in [0.717, 1.165) is 33.9 Å². The quantitative estimate of drug-likeness (QED) is 0.334. The lowest BCUT2D eigenvalue weighted by atomic mass is 10.0. The molecular weight excluding hydrogens is 464 g/mol. The van der Waals surface area contributed by atoms with Gasteiger partial charge in [0, 0.05) is 28.2 Å². The van der Waals surface area contributed by atoms with Crippen molar-refractivity contribution < 1.29 is 28.2 Å². The number of carbonyl (C=O) groups is 2. The zero-order valence-corrected chi connectivity index (χ0v) is 19.8. The number of thiophene rings is 1. The van der Waals surface area contributed by atoms with Crippen LogP contribution in [0, 0.1) is 11.6 Å². The Bertz CT molecular complexity index is 1180. The summed E-state index contributed by atoms with van der Waals surface area (Å²) < 4.78 is 34.0. The van der Waals surface area contributed by atoms with Gasteiger partial charge in [0.25, 0.3) is 0 Å². The Hall–Kier alpha value is -3.50. The van der Waals surface area contributed by atoms with Gasteiger partial charge in [0.1, 0.15) is 16.6 Å². The number of benzene rings is 2. The number of halogens is 2. The van der Waals surface area contributed by atoms with E-state index in [9.17, 15) is 23.5 Å². The van der Waals surface area contributed by atoms with Crippen LogP contribution in [0.25, 0.3) is 10.4 Å². The van der Waals surface area contributed by atoms with Gasteiger partial charge in [-0.25, -0.2) is 18.4 Å². The number of nitrogen functional groups attached to an aromatic ring is 1. The maximum absolute atomic E-state index is 14.4. The lowest BCUT2D eigenvalue weighted by Crippen LogP contribution is -2.30. The third kappa shape index (κ3) is 5.35. The summed E-state index contributed by atoms with van der Waals surface area (Å²) in [6.07, 6.45) is -1.46. The molecule has 0 radical (unpaired) electrons. The van der Waals surface area contributed by atoms with Crippen LogP contribution in [0.5, 0.6) is 0 Å². The first-order valence-electron chi connectivity index (χ1n) is 10.4. The minimum atomic E-state index is -1.46. The molecule has 0 saturated carbocycles. The Balaban J connectivity index is 2.27. The number of nitrogens with zero attached hydrogens (tertiary/aromatic N) is 2. The Morgan fingerprint density at radius 1 is 1.03 bits per heavy atom. The molecule has 0 unspecified atom stereocenters. The van der Waals surface area contributed by atoms with Crippen LogP contribution in [0.1, 0.15) is 28.4 Å². The van der Waals surface area contributed by atoms with Gasteiger partial charge in [-0.15, -0.1) is 11.3 Å². The van der Waals surface area contributed by atoms with E-state index in [1.54, 1.807) is 31.2 Å². The molecule has 0 aliphatic heterocycles. The van der Waals surface area contributed by atoms with Crippen molar-refractivity contribution in [3.05, 3.63) is 70.8 Å². The van der Waals surface area contributed by atoms with Crippen molar-refractivity contribution in [1.82, 2.24) is 4.90 Å². The minimum Gasteiger partial charge on any atom is -0.465 e. The van der Waals surface area contributed by atoms with Crippen molar-refractivity contribution in [2.24, 2.45) is 0 Å². The SMILES string of the molecule is CCOC(=O)c1c(N(Cc2c(F)cccc2F)C(=O)O)sc(-c2ccc(N)cc2)c1CN(C)C. The van der Waals surface area contributed by atoms with Crippen LogP contribution in [0.2, 0.25) is 0 Å². The van der Waals surface area contributed by atoms with Gasteiger partial charge in [0.2, 0.25) is 0 Å². The summed E-state index contributed by atoms with van der Waals surface area (Å²) >= 11 is 1.04. The van der Waals surface area contributed by atoms with Crippen LogP contribution in [0.4, 0.5) is 24.3 Å². The monoisotopic (exact) mass is 489 g/mol. The molecule has 10 heteroatoms. The largest absolute Gasteiger partial charge is 0.465 e. The number of hydrogen-bond acceptors (Lipinski definition) is 6. The van der Waals surface area contributed by atoms with E-state index in [1.807, 2.05) is 19.0 Å². The fourth-order valence-electron chi connectivity index (χ4n) is 3.46. The highest BCUT2D eigenvalue weighted by Gasteiger charge is 2.32. The maximum atomic E-state index is 14.4. The van der Waals surface area contributed by atoms with Crippen LogP contribution < -0.4 is 10.6 Å². The summed E-state index contributed by atoms with van der Waals surface area (Å²) in [6, 6.07) is 10.2. The molecule has 3 aromatic rings. The van der Waals surface area contributed by atoms with Crippen molar-refractivity contribution in [2.45, 2.75) is 20.0 Å². The van der Waals surface area contributed by atoms with Crippen molar-refractivity contribution in [1.29, 1.82) is 0 Å². The first kappa shape index (κ1) is 25.1. The average molecular weight is 490 g/mol. The first-order valence-corrected chi connectivity index (χ1v) is 11.2. The molecule has 0 fully saturated rings. The second-order valence-electron chi connectivity index (χ2n) is 7.74. The van der Waals surface area contributed by atoms with Crippen LogP contribution in [0.3, 0.4) is 0 Å². The normalized spacial score (nSPS) is 11.0. The predicted octanol–water partition coefficient (Wildman–Crippen LogP) is 5.20. The fraction of sp³-hybridized carbons (Fsp3) is 0.250. The molecule has 7 nitrogen and oxygen atoms in total. The van der Waals surface area contributed by atoms with Gasteiger partial charge >= 0.3 is 12.1 Å². The average Bonchev–Trinajstić information content (AvgIpc) is 3.12. The summed E-state index contributed by atoms with van der Waals surface area (Å²) in [6.45, 7) is 1.39. The molecule has 0 saturated heterocycles. The number of esters is 1. The Morgan fingerprint density at radius 3 is 2.18 bits per heavy atom. The Kier molecular flexibility index (Phi) is 7.85. The molecular formula is C24H25F2N3O4S. The first-order chi connectivity index (χ1) is 16.1. The molecule has 0 bridgehead atoms. The van der Waals surface area contributed by atoms with Crippen LogP contribution in [0.15, 0.2) is 42.5 Å². The zero-order chi connectivity index (χ0) is 25.0. The highest BCUT2D eigenvalue weighted by Crippen LogP contribution is 2.44. The van der Waals surface area contributed by atoms with Crippen molar-refractivity contribution in [3.8, 4) is 10.4 Å². The third-order valence-electron chi connectivity index (χ3n) is 4.97. The van der Waals surface area contributed by atoms with Gasteiger partial charge < -0.3 is 20.5 Å². The third-order valence-corrected chi connectivity index (χ3v) is 6.27. The highest BCUT2D eigenvalue weighted by atomic mass is 32.1. The molecule has 180 valence electrons. The molecule has 0 spiro atoms. The van der Waals surface area contributed by atoms with Crippen LogP contribution in [-0.4, -0.2) is 42.8 Å². The van der Waals surface area contributed by atoms with Crippen LogP contribution >= 0.6 is 11.3 Å². The van der Waals surface area contributed by atoms with Gasteiger partial charge in [-0.3, -0.25) is 4.90 Å². The predicted molar refractivity (Wildman–Crippen MR) is 128 cm³/mol. The fourth-order valence-corrected chi connectivity index (χ4v) is 4.76. The minimum absolute atomic E-state index is 0.0253. The van der Waals surface area contributed by atoms with E-state index in [0.29, 0.717) is 22.7 Å². The van der Waals surface area contributed by atoms with E-state index in [-0.39, 0.29) is 17.2 Å². The lowest BCUT2D eigenvalue weighted by Gasteiger charge is -2.20. The zero-order valence-electron chi connectivity index (χ0n) is 19.0. The molecule has 1 heterocycles. The maximum Gasteiger partial charge on any atom is 0.412 e. The number of nitrogens with two attached hydrogens (primary N) is 1. The molecule has 34 heavy (non-hydrogen) atoms. The topological polar surface area (TPSA) is 96.1 Å². The molecule has 0 aliphatic rings. The van der Waals surface area contributed by atoms with E-state index in [4.69, 9.17) is 10.5 Å². The Labute approximate surface area is 200 Å². The van der Waals surface area contributed by atoms with Crippen molar-refractivity contribution in [2.75, 3.05) is 31.3 Å². The van der Waals surface area contributed by atoms with E-state index in [1.165, 1.54) is 6.07 Å². The second kappa shape index (κ2) is 10.6. The van der Waals surface area contributed by atoms with Gasteiger partial charge in [0.05, 0.1) is 18.7 Å². The molecule has 0 aliphatic carbocycles. The van der Waals surface area contributed by atoms with Gasteiger partial charge in [0.15, 0.2) is 0 Å². The lowest BCUT2D eigenvalue weighted by molar-refractivity contribution is 0.0526. The number of amides is 1. The number of hydrogen-bond donors (Lipinski definition) is 2. The summed E-state index contributed by atoms with van der Waals surface area (Å²) in [5.74, 6) is -2.48. The van der Waals surface area contributed by atoms with Gasteiger partial charge in [-0.05, 0) is 50.8 Å². The number of carbonyl (C=O) groups excluding carboxylic acids is 1. The molecule has 3 rings (SSSR count). The highest BCUT2D eigenvalue weighted by molar-refractivity contribution is 7.20. The van der Waals surface area contributed by atoms with Gasteiger partial charge in [-0.2, -0.15) is 0 Å². The standard InChI is InChI=1S/C24H25F2N3O4S/c1-4-33-23(30)20-17(12-28(2)3)21(14-8-10-15(27)11-9-14)34-22(20)29(24(31)32)13-16-18(25)6-5-7-19(16)26/h5-11H,4,12-13,27H2,1-3H3,(H,31,32). The van der Waals surface area contributed by atoms with Crippen molar-refractivity contribution in [3.63, 3.8) is 0 Å². The molecule has 2 aromatic carbocycles. The summed E-state index contributed by atoms with van der Waals surface area (Å²) in [5, 5.41) is 10.0. The molecule has 1 amide bonds. The van der Waals surface area contributed by atoms with Gasteiger partial charge in [-0.1, -0.05) is 18.2 Å². The molecule has 1 aromatic heterocycles. The summed E-state index contributed by atoms with van der Waals surface area (Å²) in [5.41, 5.74) is 7.25. The summed E-state index contributed by atoms with van der Waals surface area (Å²) in [4.78, 5) is 28.6.